The zero-order valence-corrected chi connectivity index (χ0v) is 18.3. The van der Waals surface area contributed by atoms with Gasteiger partial charge in [0.25, 0.3) is 0 Å². The number of rotatable bonds is 5. The summed E-state index contributed by atoms with van der Waals surface area (Å²) >= 11 is 5.80. The van der Waals surface area contributed by atoms with Crippen molar-refractivity contribution in [1.82, 2.24) is 15.0 Å². The second-order valence-corrected chi connectivity index (χ2v) is 9.75. The van der Waals surface area contributed by atoms with Gasteiger partial charge in [-0.1, -0.05) is 44.5 Å². The average Bonchev–Trinajstić information content (AvgIpc) is 3.10. The molecule has 1 saturated heterocycles. The third-order valence-electron chi connectivity index (χ3n) is 5.29. The van der Waals surface area contributed by atoms with Crippen molar-refractivity contribution < 1.29 is 13.7 Å². The van der Waals surface area contributed by atoms with Gasteiger partial charge in [-0.15, -0.1) is 0 Å². The van der Waals surface area contributed by atoms with Crippen molar-refractivity contribution in [2.75, 3.05) is 13.1 Å². The third-order valence-corrected chi connectivity index (χ3v) is 5.53. The van der Waals surface area contributed by atoms with E-state index in [-0.39, 0.29) is 28.6 Å². The van der Waals surface area contributed by atoms with Gasteiger partial charge in [0.05, 0.1) is 5.56 Å². The SMILES string of the molecule is CC(CC(=O)N1CCC(c2nc(-c3ccc(Cl)cc3F)no2)CC1)CC(C)(C)C. The lowest BCUT2D eigenvalue weighted by atomic mass is 9.84. The molecule has 1 unspecified atom stereocenters. The van der Waals surface area contributed by atoms with Crippen molar-refractivity contribution in [2.45, 2.75) is 59.3 Å². The van der Waals surface area contributed by atoms with Crippen molar-refractivity contribution in [2.24, 2.45) is 11.3 Å². The van der Waals surface area contributed by atoms with Crippen LogP contribution in [-0.4, -0.2) is 34.0 Å². The van der Waals surface area contributed by atoms with Gasteiger partial charge in [0.15, 0.2) is 0 Å². The molecule has 2 aromatic rings. The number of amides is 1. The quantitative estimate of drug-likeness (QED) is 0.621. The Bertz CT molecular complexity index is 854. The van der Waals surface area contributed by atoms with E-state index in [0.717, 1.165) is 19.3 Å². The van der Waals surface area contributed by atoms with Crippen LogP contribution in [-0.2, 0) is 4.79 Å². The van der Waals surface area contributed by atoms with Gasteiger partial charge in [0, 0.05) is 30.5 Å². The number of hydrogen-bond donors (Lipinski definition) is 0. The van der Waals surface area contributed by atoms with E-state index in [1.165, 1.54) is 6.07 Å². The number of carbonyl (C=O) groups is 1. The summed E-state index contributed by atoms with van der Waals surface area (Å²) in [6, 6.07) is 4.38. The molecule has 1 aliphatic rings. The van der Waals surface area contributed by atoms with Crippen LogP contribution in [0.5, 0.6) is 0 Å². The molecule has 0 bridgehead atoms. The summed E-state index contributed by atoms with van der Waals surface area (Å²) in [5, 5.41) is 4.25. The Morgan fingerprint density at radius 3 is 2.66 bits per heavy atom. The molecule has 0 radical (unpaired) electrons. The summed E-state index contributed by atoms with van der Waals surface area (Å²) in [6.45, 7) is 10.1. The molecule has 158 valence electrons. The fourth-order valence-electron chi connectivity index (χ4n) is 4.10. The maximum Gasteiger partial charge on any atom is 0.230 e. The molecule has 5 nitrogen and oxygen atoms in total. The first-order chi connectivity index (χ1) is 13.6. The summed E-state index contributed by atoms with van der Waals surface area (Å²) in [5.41, 5.74) is 0.496. The lowest BCUT2D eigenvalue weighted by Crippen LogP contribution is -2.38. The summed E-state index contributed by atoms with van der Waals surface area (Å²) in [6.07, 6.45) is 3.15. The molecule has 2 heterocycles. The smallest absolute Gasteiger partial charge is 0.230 e. The highest BCUT2D eigenvalue weighted by atomic mass is 35.5. The molecule has 1 aromatic carbocycles. The van der Waals surface area contributed by atoms with Crippen LogP contribution in [0.1, 0.15) is 65.2 Å². The van der Waals surface area contributed by atoms with Gasteiger partial charge in [-0.05, 0) is 48.8 Å². The van der Waals surface area contributed by atoms with Gasteiger partial charge in [0.1, 0.15) is 5.82 Å². The van der Waals surface area contributed by atoms with Gasteiger partial charge >= 0.3 is 0 Å². The normalized spacial score (nSPS) is 16.8. The van der Waals surface area contributed by atoms with E-state index in [2.05, 4.69) is 37.8 Å². The predicted octanol–water partition coefficient (Wildman–Crippen LogP) is 5.70. The maximum absolute atomic E-state index is 14.1. The highest BCUT2D eigenvalue weighted by molar-refractivity contribution is 6.30. The molecule has 0 saturated carbocycles. The van der Waals surface area contributed by atoms with E-state index in [0.29, 0.717) is 36.3 Å². The van der Waals surface area contributed by atoms with Crippen LogP contribution in [0.2, 0.25) is 5.02 Å². The topological polar surface area (TPSA) is 59.2 Å². The Hall–Kier alpha value is -1.95. The Morgan fingerprint density at radius 2 is 2.03 bits per heavy atom. The van der Waals surface area contributed by atoms with Crippen LogP contribution in [0.4, 0.5) is 4.39 Å². The molecule has 0 N–H and O–H groups in total. The Labute approximate surface area is 176 Å². The van der Waals surface area contributed by atoms with Gasteiger partial charge in [-0.25, -0.2) is 4.39 Å². The molecular weight excluding hydrogens is 393 g/mol. The second kappa shape index (κ2) is 8.82. The van der Waals surface area contributed by atoms with Crippen LogP contribution in [0.3, 0.4) is 0 Å². The zero-order valence-electron chi connectivity index (χ0n) is 17.5. The van der Waals surface area contributed by atoms with Gasteiger partial charge in [-0.3, -0.25) is 4.79 Å². The van der Waals surface area contributed by atoms with Crippen LogP contribution in [0, 0.1) is 17.2 Å². The van der Waals surface area contributed by atoms with Crippen molar-refractivity contribution in [1.29, 1.82) is 0 Å². The first-order valence-corrected chi connectivity index (χ1v) is 10.6. The minimum atomic E-state index is -0.477. The molecule has 1 atom stereocenters. The van der Waals surface area contributed by atoms with Gasteiger partial charge in [-0.2, -0.15) is 4.98 Å². The summed E-state index contributed by atoms with van der Waals surface area (Å²) in [7, 11) is 0. The molecule has 1 aromatic heterocycles. The summed E-state index contributed by atoms with van der Waals surface area (Å²) in [4.78, 5) is 18.9. The molecule has 7 heteroatoms. The number of hydrogen-bond acceptors (Lipinski definition) is 4. The Balaban J connectivity index is 1.56. The van der Waals surface area contributed by atoms with Crippen LogP contribution < -0.4 is 0 Å². The van der Waals surface area contributed by atoms with Gasteiger partial charge in [0.2, 0.25) is 17.6 Å². The molecular formula is C22H29ClFN3O2. The number of nitrogens with zero attached hydrogens (tertiary/aromatic N) is 3. The van der Waals surface area contributed by atoms with Crippen LogP contribution in [0.25, 0.3) is 11.4 Å². The molecule has 1 amide bonds. The highest BCUT2D eigenvalue weighted by Crippen LogP contribution is 2.31. The van der Waals surface area contributed by atoms with E-state index in [9.17, 15) is 9.18 Å². The predicted molar refractivity (Wildman–Crippen MR) is 111 cm³/mol. The van der Waals surface area contributed by atoms with E-state index < -0.39 is 5.82 Å². The van der Waals surface area contributed by atoms with Crippen molar-refractivity contribution in [3.8, 4) is 11.4 Å². The van der Waals surface area contributed by atoms with Crippen LogP contribution in [0.15, 0.2) is 22.7 Å². The molecule has 0 spiro atoms. The first kappa shape index (κ1) is 21.8. The van der Waals surface area contributed by atoms with Crippen LogP contribution >= 0.6 is 11.6 Å². The summed E-state index contributed by atoms with van der Waals surface area (Å²) < 4.78 is 19.5. The Morgan fingerprint density at radius 1 is 1.34 bits per heavy atom. The molecule has 29 heavy (non-hydrogen) atoms. The number of aromatic nitrogens is 2. The molecule has 3 rings (SSSR count). The zero-order chi connectivity index (χ0) is 21.2. The standard InChI is InChI=1S/C22H29ClFN3O2/c1-14(13-22(2,3)4)11-19(28)27-9-7-15(8-10-27)21-25-20(26-29-21)17-6-5-16(23)12-18(17)24/h5-6,12,14-15H,7-11,13H2,1-4H3. The van der Waals surface area contributed by atoms with E-state index >= 15 is 0 Å². The fourth-order valence-corrected chi connectivity index (χ4v) is 4.26. The number of likely N-dealkylation sites (tertiary alicyclic amines) is 1. The maximum atomic E-state index is 14.1. The number of halogens is 2. The first-order valence-electron chi connectivity index (χ1n) is 10.2. The van der Waals surface area contributed by atoms with Crippen molar-refractivity contribution in [3.63, 3.8) is 0 Å². The number of carbonyl (C=O) groups excluding carboxylic acids is 1. The number of benzene rings is 1. The van der Waals surface area contributed by atoms with E-state index in [1.807, 2.05) is 4.90 Å². The largest absolute Gasteiger partial charge is 0.343 e. The second-order valence-electron chi connectivity index (χ2n) is 9.31. The van der Waals surface area contributed by atoms with E-state index in [4.69, 9.17) is 16.1 Å². The van der Waals surface area contributed by atoms with Crippen molar-refractivity contribution >= 4 is 17.5 Å². The third kappa shape index (κ3) is 5.78. The average molecular weight is 422 g/mol. The Kier molecular flexibility index (Phi) is 6.62. The minimum absolute atomic E-state index is 0.0858. The summed E-state index contributed by atoms with van der Waals surface area (Å²) in [5.74, 6) is 0.922. The molecule has 1 fully saturated rings. The fraction of sp³-hybridized carbons (Fsp3) is 0.591. The van der Waals surface area contributed by atoms with Crippen molar-refractivity contribution in [3.05, 3.63) is 34.9 Å². The lowest BCUT2D eigenvalue weighted by Gasteiger charge is -2.32. The molecule has 0 aliphatic carbocycles. The monoisotopic (exact) mass is 421 g/mol. The number of piperidine rings is 1. The molecule has 1 aliphatic heterocycles. The minimum Gasteiger partial charge on any atom is -0.343 e. The highest BCUT2D eigenvalue weighted by Gasteiger charge is 2.29. The van der Waals surface area contributed by atoms with E-state index in [1.54, 1.807) is 12.1 Å². The van der Waals surface area contributed by atoms with Gasteiger partial charge < -0.3 is 9.42 Å². The lowest BCUT2D eigenvalue weighted by molar-refractivity contribution is -0.133.